The molecular weight excluding hydrogens is 853 g/mol. The zero-order chi connectivity index (χ0) is 52.0. The number of rotatable bonds is 37. The molecule has 4 rings (SSSR count). The molecule has 12 unspecified atom stereocenters. The Morgan fingerprint density at radius 3 is 0.662 bits per heavy atom. The maximum atomic E-state index is 2.71. The summed E-state index contributed by atoms with van der Waals surface area (Å²) in [4.78, 5) is 0. The highest BCUT2D eigenvalue weighted by Crippen LogP contribution is 2.40. The Morgan fingerprint density at radius 2 is 0.451 bits per heavy atom. The summed E-state index contributed by atoms with van der Waals surface area (Å²) < 4.78 is 0. The van der Waals surface area contributed by atoms with Gasteiger partial charge in [0.2, 0.25) is 0 Å². The van der Waals surface area contributed by atoms with Gasteiger partial charge in [0.05, 0.1) is 0 Å². The predicted molar refractivity (Wildman–Crippen MR) is 325 cm³/mol. The second kappa shape index (κ2) is 43.0. The van der Waals surface area contributed by atoms with E-state index in [1.165, 1.54) is 295 Å². The van der Waals surface area contributed by atoms with Crippen LogP contribution < -0.4 is 0 Å². The highest BCUT2D eigenvalue weighted by Gasteiger charge is 2.27. The van der Waals surface area contributed by atoms with E-state index in [9.17, 15) is 0 Å². The van der Waals surface area contributed by atoms with Gasteiger partial charge in [-0.3, -0.25) is 0 Å². The van der Waals surface area contributed by atoms with E-state index in [1.54, 1.807) is 0 Å². The average Bonchev–Trinajstić information content (AvgIpc) is 3.36. The van der Waals surface area contributed by atoms with Gasteiger partial charge in [0, 0.05) is 0 Å². The Hall–Kier alpha value is 0. The van der Waals surface area contributed by atoms with E-state index >= 15 is 0 Å². The fourth-order valence-electron chi connectivity index (χ4n) is 14.9. The minimum atomic E-state index is 0.609. The van der Waals surface area contributed by atoms with Crippen LogP contribution in [-0.2, 0) is 0 Å². The lowest BCUT2D eigenvalue weighted by molar-refractivity contribution is 0.197. The molecule has 71 heavy (non-hydrogen) atoms. The first-order valence-electron chi connectivity index (χ1n) is 34.4. The molecule has 4 aliphatic carbocycles. The van der Waals surface area contributed by atoms with Crippen molar-refractivity contribution in [3.63, 3.8) is 0 Å². The van der Waals surface area contributed by atoms with Crippen LogP contribution in [0.2, 0.25) is 0 Å². The Morgan fingerprint density at radius 1 is 0.254 bits per heavy atom. The zero-order valence-corrected chi connectivity index (χ0v) is 52.0. The van der Waals surface area contributed by atoms with Gasteiger partial charge in [-0.25, -0.2) is 0 Å². The van der Waals surface area contributed by atoms with Crippen LogP contribution in [0.25, 0.3) is 0 Å². The van der Waals surface area contributed by atoms with Gasteiger partial charge in [0.1, 0.15) is 0 Å². The number of hydrogen-bond acceptors (Lipinski definition) is 0. The van der Waals surface area contributed by atoms with Gasteiger partial charge < -0.3 is 0 Å². The molecule has 0 bridgehead atoms. The van der Waals surface area contributed by atoms with Gasteiger partial charge in [-0.15, -0.1) is 0 Å². The molecule has 0 radical (unpaired) electrons. The molecule has 0 heteroatoms. The van der Waals surface area contributed by atoms with E-state index in [2.05, 4.69) is 69.2 Å². The van der Waals surface area contributed by atoms with Crippen LogP contribution in [0.1, 0.15) is 378 Å². The van der Waals surface area contributed by atoms with Crippen molar-refractivity contribution in [1.82, 2.24) is 0 Å². The fraction of sp³-hybridized carbons (Fsp3) is 1.00. The van der Waals surface area contributed by atoms with Gasteiger partial charge in [0.15, 0.2) is 0 Å². The van der Waals surface area contributed by atoms with Crippen LogP contribution in [0, 0.1) is 76.4 Å². The molecule has 0 aromatic heterocycles. The molecule has 4 fully saturated rings. The average molecular weight is 994 g/mol. The first-order valence-corrected chi connectivity index (χ1v) is 34.4. The molecule has 0 N–H and O–H groups in total. The molecule has 4 aliphatic rings. The molecule has 0 amide bonds. The summed E-state index contributed by atoms with van der Waals surface area (Å²) >= 11 is 0. The normalized spacial score (nSPS) is 29.9. The monoisotopic (exact) mass is 993 g/mol. The van der Waals surface area contributed by atoms with Crippen molar-refractivity contribution in [2.45, 2.75) is 378 Å². The Kier molecular flexibility index (Phi) is 40.7. The first-order chi connectivity index (χ1) is 34.4. The van der Waals surface area contributed by atoms with Gasteiger partial charge in [-0.05, 0) is 121 Å². The number of hydrogen-bond donors (Lipinski definition) is 0. The summed E-state index contributed by atoms with van der Waals surface area (Å²) in [5, 5.41) is 0. The molecule has 0 aliphatic heterocycles. The van der Waals surface area contributed by atoms with Gasteiger partial charge in [-0.1, -0.05) is 333 Å². The largest absolute Gasteiger partial charge is 0.0683 e. The van der Waals surface area contributed by atoms with E-state index in [0.717, 1.165) is 71.0 Å². The van der Waals surface area contributed by atoms with Crippen LogP contribution in [0.5, 0.6) is 0 Å². The van der Waals surface area contributed by atoms with Crippen LogP contribution in [0.4, 0.5) is 0 Å². The lowest BCUT2D eigenvalue weighted by Crippen LogP contribution is -2.20. The zero-order valence-electron chi connectivity index (χ0n) is 52.0. The molecule has 12 atom stereocenters. The van der Waals surface area contributed by atoms with Crippen LogP contribution in [0.15, 0.2) is 0 Å². The third-order valence-electron chi connectivity index (χ3n) is 21.5. The van der Waals surface area contributed by atoms with Gasteiger partial charge >= 0.3 is 0 Å². The summed E-state index contributed by atoms with van der Waals surface area (Å²) in [6.45, 7) is 28.8. The smallest absolute Gasteiger partial charge is 0.0326 e. The lowest BCUT2D eigenvalue weighted by atomic mass is 9.74. The first kappa shape index (κ1) is 67.1. The molecule has 424 valence electrons. The van der Waals surface area contributed by atoms with E-state index < -0.39 is 0 Å². The van der Waals surface area contributed by atoms with Crippen LogP contribution >= 0.6 is 0 Å². The van der Waals surface area contributed by atoms with E-state index in [4.69, 9.17) is 0 Å². The van der Waals surface area contributed by atoms with Crippen molar-refractivity contribution in [2.24, 2.45) is 76.4 Å². The highest BCUT2D eigenvalue weighted by molar-refractivity contribution is 4.79. The summed E-state index contributed by atoms with van der Waals surface area (Å²) in [6.07, 6.45) is 68.8. The van der Waals surface area contributed by atoms with Crippen LogP contribution in [-0.4, -0.2) is 0 Å². The van der Waals surface area contributed by atoms with E-state index in [-0.39, 0.29) is 0 Å². The maximum absolute atomic E-state index is 2.71. The molecule has 0 saturated heterocycles. The lowest BCUT2D eigenvalue weighted by Gasteiger charge is -2.32. The highest BCUT2D eigenvalue weighted by atomic mass is 14.3. The minimum Gasteiger partial charge on any atom is -0.0683 e. The Balaban J connectivity index is 0.000000807. The van der Waals surface area contributed by atoms with Crippen molar-refractivity contribution in [2.75, 3.05) is 0 Å². The molecule has 0 aromatic rings. The second-order valence-corrected chi connectivity index (χ2v) is 27.9. The third-order valence-corrected chi connectivity index (χ3v) is 21.5. The quantitative estimate of drug-likeness (QED) is 0.0544. The maximum Gasteiger partial charge on any atom is -0.0326 e. The van der Waals surface area contributed by atoms with E-state index in [1.807, 2.05) is 13.8 Å². The summed E-state index contributed by atoms with van der Waals surface area (Å²) in [7, 11) is 0. The second-order valence-electron chi connectivity index (χ2n) is 27.9. The fourth-order valence-corrected chi connectivity index (χ4v) is 14.9. The standard InChI is InChI=1S/C53H102.C16H32.C2H6/c1-44-32-35-50(41-47(44)4)29-23-17-11-8-14-20-26-38-53(7,39-27-21-15-9-12-18-24-30-51-36-33-45(2)48(5)42-51)40-28-22-16-10-13-19-25-31-52-37-34-46(3)49(6)43-52;1-4-5-6-7-8-9-10-16-12-11-14(2)15(3)13-16;1-2/h44-52H,8-43H2,1-7H3;14-16H,4-13H2,1-3H3;1-2H3. The Labute approximate surface area is 452 Å². The molecule has 0 heterocycles. The van der Waals surface area contributed by atoms with Crippen molar-refractivity contribution in [3.05, 3.63) is 0 Å². The third kappa shape index (κ3) is 33.0. The Bertz CT molecular complexity index is 1030. The molecular formula is C71H140. The molecule has 0 aromatic carbocycles. The van der Waals surface area contributed by atoms with Crippen molar-refractivity contribution in [1.29, 1.82) is 0 Å². The molecule has 0 spiro atoms. The van der Waals surface area contributed by atoms with Crippen molar-refractivity contribution in [3.8, 4) is 0 Å². The van der Waals surface area contributed by atoms with Crippen molar-refractivity contribution >= 4 is 0 Å². The summed E-state index contributed by atoms with van der Waals surface area (Å²) in [6, 6.07) is 0. The van der Waals surface area contributed by atoms with E-state index in [0.29, 0.717) is 5.41 Å². The SMILES string of the molecule is CC.CC1CCC(CCCCCCCCCC(C)(CCCCCCCCCC2CCC(C)C(C)C2)CCCCCCCCCC2CCC(C)C(C)C2)CC1C.CCCCCCCCC1CCC(C)C(C)C1. The van der Waals surface area contributed by atoms with Crippen LogP contribution in [0.3, 0.4) is 0 Å². The topological polar surface area (TPSA) is 0 Å². The van der Waals surface area contributed by atoms with Gasteiger partial charge in [0.25, 0.3) is 0 Å². The molecule has 0 nitrogen and oxygen atoms in total. The minimum absolute atomic E-state index is 0.609. The predicted octanol–water partition coefficient (Wildman–Crippen LogP) is 25.6. The summed E-state index contributed by atoms with van der Waals surface area (Å²) in [5.74, 6) is 12.0. The van der Waals surface area contributed by atoms with Crippen molar-refractivity contribution < 1.29 is 0 Å². The van der Waals surface area contributed by atoms with Gasteiger partial charge in [-0.2, -0.15) is 0 Å². The molecule has 4 saturated carbocycles. The number of unbranched alkanes of at least 4 members (excludes halogenated alkanes) is 23. The summed E-state index contributed by atoms with van der Waals surface area (Å²) in [5.41, 5.74) is 0.609.